The van der Waals surface area contributed by atoms with Crippen LogP contribution in [0.5, 0.6) is 5.75 Å². The lowest BCUT2D eigenvalue weighted by Crippen LogP contribution is -2.38. The van der Waals surface area contributed by atoms with E-state index in [1.165, 1.54) is 17.1 Å². The van der Waals surface area contributed by atoms with Crippen LogP contribution in [0.3, 0.4) is 0 Å². The van der Waals surface area contributed by atoms with Crippen LogP contribution < -0.4 is 10.1 Å². The van der Waals surface area contributed by atoms with Gasteiger partial charge >= 0.3 is 18.8 Å². The summed E-state index contributed by atoms with van der Waals surface area (Å²) in [7, 11) is 0. The first-order chi connectivity index (χ1) is 17.0. The van der Waals surface area contributed by atoms with Crippen molar-refractivity contribution in [3.05, 3.63) is 94.5 Å². The maximum Gasteiger partial charge on any atom is 0.416 e. The number of halogens is 6. The highest BCUT2D eigenvalue weighted by Crippen LogP contribution is 2.37. The summed E-state index contributed by atoms with van der Waals surface area (Å²) in [5.74, 6) is -0.0165. The molecule has 0 bridgehead atoms. The summed E-state index contributed by atoms with van der Waals surface area (Å²) in [6.07, 6.45) is -4.49. The molecule has 3 aromatic rings. The van der Waals surface area contributed by atoms with Crippen LogP contribution >= 0.6 is 11.6 Å². The molecule has 5 nitrogen and oxygen atoms in total. The number of nitrogens with one attached hydrogen (secondary N) is 1. The van der Waals surface area contributed by atoms with Crippen molar-refractivity contribution in [1.82, 2.24) is 5.01 Å². The second-order valence-electron chi connectivity index (χ2n) is 8.25. The Morgan fingerprint density at radius 2 is 1.64 bits per heavy atom. The van der Waals surface area contributed by atoms with Crippen molar-refractivity contribution < 1.29 is 31.5 Å². The Bertz CT molecular complexity index is 1260. The molecule has 3 aromatic carbocycles. The molecule has 1 aliphatic heterocycles. The van der Waals surface area contributed by atoms with Gasteiger partial charge in [0, 0.05) is 10.7 Å². The largest absolute Gasteiger partial charge is 0.435 e. The van der Waals surface area contributed by atoms with Crippen molar-refractivity contribution >= 4 is 29.0 Å². The number of amides is 2. The first-order valence-electron chi connectivity index (χ1n) is 10.6. The fraction of sp³-hybridized carbons (Fsp3) is 0.200. The van der Waals surface area contributed by atoms with Crippen molar-refractivity contribution in [1.29, 1.82) is 0 Å². The maximum absolute atomic E-state index is 13.0. The first kappa shape index (κ1) is 25.4. The average Bonchev–Trinajstić information content (AvgIpc) is 3.18. The van der Waals surface area contributed by atoms with E-state index in [2.05, 4.69) is 15.2 Å². The molecule has 0 saturated carbocycles. The van der Waals surface area contributed by atoms with Gasteiger partial charge in [0.1, 0.15) is 5.75 Å². The molecule has 0 aromatic heterocycles. The van der Waals surface area contributed by atoms with Crippen molar-refractivity contribution in [3.63, 3.8) is 0 Å². The van der Waals surface area contributed by atoms with Gasteiger partial charge in [-0.1, -0.05) is 35.9 Å². The lowest BCUT2D eigenvalue weighted by molar-refractivity contribution is -0.137. The highest BCUT2D eigenvalue weighted by molar-refractivity contribution is 6.30. The van der Waals surface area contributed by atoms with E-state index in [1.807, 2.05) is 6.92 Å². The zero-order valence-corrected chi connectivity index (χ0v) is 19.4. The number of anilines is 1. The summed E-state index contributed by atoms with van der Waals surface area (Å²) < 4.78 is 68.0. The fourth-order valence-electron chi connectivity index (χ4n) is 3.90. The van der Waals surface area contributed by atoms with E-state index >= 15 is 0 Å². The SMILES string of the molecule is CC1(c2ccc(OC(F)F)cc2)CN(C(=O)Nc2ccc(C(F)(F)F)cc2)N=C1c1ccc(Cl)cc1. The average molecular weight is 524 g/mol. The predicted octanol–water partition coefficient (Wildman–Crippen LogP) is 7.17. The molecule has 11 heteroatoms. The number of carbonyl (C=O) groups excluding carboxylic acids is 1. The van der Waals surface area contributed by atoms with E-state index in [1.54, 1.807) is 36.4 Å². The second kappa shape index (κ2) is 9.77. The molecule has 1 N–H and O–H groups in total. The standard InChI is InChI=1S/C25H19ClF5N3O2/c1-24(16-6-12-20(13-7-16)36-22(27)28)14-34(33-21(24)15-2-8-18(26)9-3-15)23(35)32-19-10-4-17(5-11-19)25(29,30)31/h2-13,22H,14H2,1H3,(H,32,35). The van der Waals surface area contributed by atoms with E-state index in [0.29, 0.717) is 21.9 Å². The minimum atomic E-state index is -4.49. The van der Waals surface area contributed by atoms with Gasteiger partial charge in [-0.25, -0.2) is 9.80 Å². The number of hydrazone groups is 1. The molecule has 1 unspecified atom stereocenters. The number of carbonyl (C=O) groups is 1. The zero-order chi connectivity index (χ0) is 26.1. The highest BCUT2D eigenvalue weighted by atomic mass is 35.5. The molecule has 1 atom stereocenters. The molecule has 1 aliphatic rings. The Morgan fingerprint density at radius 3 is 2.19 bits per heavy atom. The molecule has 0 spiro atoms. The minimum Gasteiger partial charge on any atom is -0.435 e. The molecule has 188 valence electrons. The van der Waals surface area contributed by atoms with E-state index in [4.69, 9.17) is 11.6 Å². The fourth-order valence-corrected chi connectivity index (χ4v) is 4.03. The van der Waals surface area contributed by atoms with Gasteiger partial charge in [0.05, 0.1) is 23.2 Å². The predicted molar refractivity (Wildman–Crippen MR) is 126 cm³/mol. The number of urea groups is 1. The van der Waals surface area contributed by atoms with Crippen molar-refractivity contribution in [2.45, 2.75) is 25.1 Å². The summed E-state index contributed by atoms with van der Waals surface area (Å²) in [6.45, 7) is -1.05. The van der Waals surface area contributed by atoms with Crippen LogP contribution in [-0.4, -0.2) is 29.9 Å². The smallest absolute Gasteiger partial charge is 0.416 e. The number of rotatable bonds is 5. The molecule has 0 fully saturated rings. The van der Waals surface area contributed by atoms with Crippen LogP contribution in [0.1, 0.15) is 23.6 Å². The van der Waals surface area contributed by atoms with Gasteiger partial charge in [-0.3, -0.25) is 0 Å². The topological polar surface area (TPSA) is 53.9 Å². The number of benzene rings is 3. The van der Waals surface area contributed by atoms with E-state index in [-0.39, 0.29) is 18.0 Å². The number of alkyl halides is 5. The van der Waals surface area contributed by atoms with Gasteiger partial charge < -0.3 is 10.1 Å². The van der Waals surface area contributed by atoms with Crippen molar-refractivity contribution in [2.75, 3.05) is 11.9 Å². The number of hydrogen-bond acceptors (Lipinski definition) is 3. The molecular weight excluding hydrogens is 505 g/mol. The third-order valence-corrected chi connectivity index (χ3v) is 5.99. The molecule has 2 amide bonds. The highest BCUT2D eigenvalue weighted by Gasteiger charge is 2.43. The van der Waals surface area contributed by atoms with Crippen LogP contribution in [0.2, 0.25) is 5.02 Å². The maximum atomic E-state index is 13.0. The van der Waals surface area contributed by atoms with Gasteiger partial charge in [-0.2, -0.15) is 27.1 Å². The number of nitrogens with zero attached hydrogens (tertiary/aromatic N) is 2. The lowest BCUT2D eigenvalue weighted by atomic mass is 9.76. The third-order valence-electron chi connectivity index (χ3n) is 5.74. The Balaban J connectivity index is 1.62. The zero-order valence-electron chi connectivity index (χ0n) is 18.7. The van der Waals surface area contributed by atoms with Gasteiger partial charge in [-0.15, -0.1) is 0 Å². The monoisotopic (exact) mass is 523 g/mol. The molecule has 4 rings (SSSR count). The third kappa shape index (κ3) is 5.43. The summed E-state index contributed by atoms with van der Waals surface area (Å²) in [5.41, 5.74) is 0.357. The van der Waals surface area contributed by atoms with Crippen LogP contribution in [0.15, 0.2) is 77.9 Å². The van der Waals surface area contributed by atoms with E-state index in [0.717, 1.165) is 24.3 Å². The minimum absolute atomic E-state index is 0.0165. The van der Waals surface area contributed by atoms with Crippen molar-refractivity contribution in [3.8, 4) is 5.75 Å². The molecule has 36 heavy (non-hydrogen) atoms. The Morgan fingerprint density at radius 1 is 1.03 bits per heavy atom. The van der Waals surface area contributed by atoms with Crippen LogP contribution in [0.4, 0.5) is 32.4 Å². The molecule has 0 radical (unpaired) electrons. The Hall–Kier alpha value is -3.66. The number of ether oxygens (including phenoxy) is 1. The molecular formula is C25H19ClF5N3O2. The normalized spacial score (nSPS) is 17.8. The summed E-state index contributed by atoms with van der Waals surface area (Å²) in [6, 6.07) is 16.2. The number of hydrogen-bond donors (Lipinski definition) is 1. The summed E-state index contributed by atoms with van der Waals surface area (Å²) >= 11 is 6.01. The van der Waals surface area contributed by atoms with Crippen LogP contribution in [0.25, 0.3) is 0 Å². The van der Waals surface area contributed by atoms with Crippen LogP contribution in [-0.2, 0) is 11.6 Å². The molecule has 0 saturated heterocycles. The molecule has 1 heterocycles. The van der Waals surface area contributed by atoms with Gasteiger partial charge in [0.15, 0.2) is 0 Å². The first-order valence-corrected chi connectivity index (χ1v) is 11.0. The summed E-state index contributed by atoms with van der Waals surface area (Å²) in [5, 5.41) is 8.73. The second-order valence-corrected chi connectivity index (χ2v) is 8.69. The van der Waals surface area contributed by atoms with Crippen molar-refractivity contribution in [2.24, 2.45) is 5.10 Å². The van der Waals surface area contributed by atoms with Gasteiger partial charge in [0.25, 0.3) is 0 Å². The lowest BCUT2D eigenvalue weighted by Gasteiger charge is -2.27. The Labute approximate surface area is 208 Å². The van der Waals surface area contributed by atoms with Crippen LogP contribution in [0, 0.1) is 0 Å². The molecule has 0 aliphatic carbocycles. The van der Waals surface area contributed by atoms with E-state index < -0.39 is 29.8 Å². The summed E-state index contributed by atoms with van der Waals surface area (Å²) in [4.78, 5) is 13.0. The van der Waals surface area contributed by atoms with E-state index in [9.17, 15) is 26.7 Å². The van der Waals surface area contributed by atoms with Gasteiger partial charge in [-0.05, 0) is 66.6 Å². The quantitative estimate of drug-likeness (QED) is 0.360. The Kier molecular flexibility index (Phi) is 6.90. The van der Waals surface area contributed by atoms with Gasteiger partial charge in [0.2, 0.25) is 0 Å².